The predicted molar refractivity (Wildman–Crippen MR) is 138 cm³/mol. The van der Waals surface area contributed by atoms with Gasteiger partial charge >= 0.3 is 0 Å². The molecule has 0 saturated heterocycles. The molecule has 0 aliphatic carbocycles. The molecule has 0 aliphatic rings. The Kier molecular flexibility index (Phi) is 13.1. The van der Waals surface area contributed by atoms with Crippen LogP contribution in [-0.2, 0) is 0 Å². The van der Waals surface area contributed by atoms with Crippen LogP contribution < -0.4 is 0 Å². The van der Waals surface area contributed by atoms with Crippen molar-refractivity contribution in [1.82, 2.24) is 40.7 Å². The molecule has 12 heteroatoms. The van der Waals surface area contributed by atoms with E-state index in [4.69, 9.17) is 13.5 Å². The minimum absolute atomic E-state index is 0.339. The van der Waals surface area contributed by atoms with Gasteiger partial charge in [0.25, 0.3) is 0 Å². The smallest absolute Gasteiger partial charge is 0.229 e. The molecule has 0 atom stereocenters. The summed E-state index contributed by atoms with van der Waals surface area (Å²) in [5.74, 6) is 5.76. The second-order valence-corrected chi connectivity index (χ2v) is 10.5. The van der Waals surface area contributed by atoms with Crippen molar-refractivity contribution in [2.45, 2.75) is 107 Å². The van der Waals surface area contributed by atoms with Crippen LogP contribution in [0, 0.1) is 27.7 Å². The summed E-state index contributed by atoms with van der Waals surface area (Å²) in [5, 5.41) is 25.0. The lowest BCUT2D eigenvalue weighted by atomic mass is 10.2. The van der Waals surface area contributed by atoms with Crippen LogP contribution in [0.4, 0.5) is 0 Å². The first-order valence-corrected chi connectivity index (χ1v) is 12.8. The first-order chi connectivity index (χ1) is 16.8. The topological polar surface area (TPSA) is 143 Å². The summed E-state index contributed by atoms with van der Waals surface area (Å²) < 4.78 is 14.8. The lowest BCUT2D eigenvalue weighted by molar-refractivity contribution is 0.362. The van der Waals surface area contributed by atoms with Crippen LogP contribution in [0.15, 0.2) is 13.5 Å². The molecule has 0 unspecified atom stereocenters. The maximum absolute atomic E-state index is 5.12. The number of nitrogens with zero attached hydrogens (tertiary/aromatic N) is 8. The molecule has 0 aromatic carbocycles. The van der Waals surface area contributed by atoms with Crippen LogP contribution in [0.25, 0.3) is 0 Å². The van der Waals surface area contributed by atoms with E-state index in [2.05, 4.69) is 54.5 Å². The van der Waals surface area contributed by atoms with Crippen molar-refractivity contribution in [2.24, 2.45) is 0 Å². The lowest BCUT2D eigenvalue weighted by Crippen LogP contribution is -1.88. The van der Waals surface area contributed by atoms with E-state index < -0.39 is 0 Å². The van der Waals surface area contributed by atoms with E-state index in [9.17, 15) is 0 Å². The van der Waals surface area contributed by atoms with Gasteiger partial charge in [0, 0.05) is 37.5 Å². The minimum atomic E-state index is 0.339. The molecule has 4 aromatic heterocycles. The van der Waals surface area contributed by atoms with Crippen LogP contribution in [-0.4, -0.2) is 40.7 Å². The Morgan fingerprint density at radius 3 is 1.44 bits per heavy atom. The third kappa shape index (κ3) is 11.6. The highest BCUT2D eigenvalue weighted by Crippen LogP contribution is 2.17. The molecule has 0 aliphatic heterocycles. The normalized spacial score (nSPS) is 10.7. The van der Waals surface area contributed by atoms with Crippen LogP contribution in [0.2, 0.25) is 0 Å². The average molecular weight is 521 g/mol. The number of aryl methyl sites for hydroxylation is 4. The summed E-state index contributed by atoms with van der Waals surface area (Å²) in [6.07, 6.45) is 0. The molecule has 4 rings (SSSR count). The Labute approximate surface area is 217 Å². The molecule has 36 heavy (non-hydrogen) atoms. The number of aromatic nitrogens is 8. The van der Waals surface area contributed by atoms with Crippen molar-refractivity contribution in [3.05, 3.63) is 45.2 Å². The molecular weight excluding hydrogens is 480 g/mol. The zero-order valence-corrected chi connectivity index (χ0v) is 24.3. The Morgan fingerprint density at radius 2 is 1.22 bits per heavy atom. The van der Waals surface area contributed by atoms with E-state index in [-0.39, 0.29) is 0 Å². The Hall–Kier alpha value is -3.02. The monoisotopic (exact) mass is 520 g/mol. The molecule has 4 heterocycles. The third-order valence-corrected chi connectivity index (χ3v) is 5.31. The fourth-order valence-corrected chi connectivity index (χ4v) is 2.89. The summed E-state index contributed by atoms with van der Waals surface area (Å²) >= 11 is 1.67. The zero-order chi connectivity index (χ0) is 27.4. The highest BCUT2D eigenvalue weighted by molar-refractivity contribution is 7.11. The molecule has 11 nitrogen and oxygen atoms in total. The molecule has 0 bridgehead atoms. The largest absolute Gasteiger partial charge is 0.425 e. The summed E-state index contributed by atoms with van der Waals surface area (Å²) in [5.41, 5.74) is 0. The van der Waals surface area contributed by atoms with E-state index in [1.165, 1.54) is 0 Å². The van der Waals surface area contributed by atoms with Crippen LogP contribution in [0.3, 0.4) is 0 Å². The van der Waals surface area contributed by atoms with Crippen LogP contribution >= 0.6 is 11.3 Å². The van der Waals surface area contributed by atoms with Gasteiger partial charge in [-0.15, -0.1) is 31.7 Å². The summed E-state index contributed by atoms with van der Waals surface area (Å²) in [6, 6.07) is 0. The number of rotatable bonds is 4. The predicted octanol–water partition coefficient (Wildman–Crippen LogP) is 6.47. The van der Waals surface area contributed by atoms with Crippen molar-refractivity contribution in [3.63, 3.8) is 0 Å². The second kappa shape index (κ2) is 15.2. The van der Waals surface area contributed by atoms with Crippen LogP contribution in [0.1, 0.15) is 124 Å². The van der Waals surface area contributed by atoms with Crippen LogP contribution in [0.5, 0.6) is 0 Å². The Balaban J connectivity index is 0.000000240. The van der Waals surface area contributed by atoms with Crippen molar-refractivity contribution < 1.29 is 13.5 Å². The standard InChI is InChI=1S/3C6H10N2O.C6H10N2S/c1-4(2)6-8-7-5(3)9-6;1-4(2)6-7-5(3)9-8-6;1-4(2)6-7-5(3)8-9-6;1-4(2)6-8-7-5(3)9-6/h4*4H,1-3H3. The van der Waals surface area contributed by atoms with Gasteiger partial charge in [0.15, 0.2) is 11.6 Å². The zero-order valence-electron chi connectivity index (χ0n) is 23.5. The fourth-order valence-electron chi connectivity index (χ4n) is 2.19. The summed E-state index contributed by atoms with van der Waals surface area (Å²) in [6.45, 7) is 23.8. The van der Waals surface area contributed by atoms with Crippen molar-refractivity contribution >= 4 is 11.3 Å². The maximum atomic E-state index is 5.12. The maximum Gasteiger partial charge on any atom is 0.229 e. The van der Waals surface area contributed by atoms with E-state index in [0.717, 1.165) is 15.8 Å². The molecule has 0 spiro atoms. The fraction of sp³-hybridized carbons (Fsp3) is 0.667. The Morgan fingerprint density at radius 1 is 0.583 bits per heavy atom. The minimum Gasteiger partial charge on any atom is -0.425 e. The van der Waals surface area contributed by atoms with E-state index in [1.54, 1.807) is 25.2 Å². The van der Waals surface area contributed by atoms with Gasteiger partial charge in [0.2, 0.25) is 23.6 Å². The number of hydrogen-bond acceptors (Lipinski definition) is 12. The van der Waals surface area contributed by atoms with Crippen molar-refractivity contribution in [2.75, 3.05) is 0 Å². The second-order valence-electron chi connectivity index (χ2n) is 9.29. The van der Waals surface area contributed by atoms with Gasteiger partial charge in [-0.05, 0) is 13.8 Å². The van der Waals surface area contributed by atoms with Gasteiger partial charge in [0.1, 0.15) is 10.0 Å². The van der Waals surface area contributed by atoms with Gasteiger partial charge < -0.3 is 13.5 Å². The van der Waals surface area contributed by atoms with Gasteiger partial charge in [-0.2, -0.15) is 9.97 Å². The highest BCUT2D eigenvalue weighted by Gasteiger charge is 2.06. The average Bonchev–Trinajstić information content (AvgIpc) is 3.58. The molecule has 200 valence electrons. The van der Waals surface area contributed by atoms with E-state index in [0.29, 0.717) is 53.1 Å². The molecule has 0 N–H and O–H groups in total. The van der Waals surface area contributed by atoms with Crippen molar-refractivity contribution in [1.29, 1.82) is 0 Å². The SMILES string of the molecule is Cc1nc(C(C)C)no1.Cc1nnc(C(C)C)o1.Cc1nnc(C(C)C)s1.Cc1noc(C(C)C)n1. The van der Waals surface area contributed by atoms with Gasteiger partial charge in [-0.25, -0.2) is 0 Å². The van der Waals surface area contributed by atoms with Gasteiger partial charge in [-0.3, -0.25) is 0 Å². The first-order valence-electron chi connectivity index (χ1n) is 12.0. The highest BCUT2D eigenvalue weighted by atomic mass is 32.1. The lowest BCUT2D eigenvalue weighted by Gasteiger charge is -1.92. The Bertz CT molecular complexity index is 951. The van der Waals surface area contributed by atoms with Gasteiger partial charge in [-0.1, -0.05) is 65.7 Å². The summed E-state index contributed by atoms with van der Waals surface area (Å²) in [7, 11) is 0. The molecule has 0 amide bonds. The van der Waals surface area contributed by atoms with Crippen molar-refractivity contribution in [3.8, 4) is 0 Å². The molecular formula is C24H40N8O3S. The number of hydrogen-bond donors (Lipinski definition) is 0. The molecule has 0 fully saturated rings. The van der Waals surface area contributed by atoms with E-state index >= 15 is 0 Å². The third-order valence-electron chi connectivity index (χ3n) is 4.17. The quantitative estimate of drug-likeness (QED) is 0.292. The molecule has 4 aromatic rings. The first kappa shape index (κ1) is 31.0. The molecule has 0 radical (unpaired) electrons. The van der Waals surface area contributed by atoms with E-state index in [1.807, 2.05) is 55.4 Å². The summed E-state index contributed by atoms with van der Waals surface area (Å²) in [4.78, 5) is 8.06. The molecule has 0 saturated carbocycles. The van der Waals surface area contributed by atoms with Gasteiger partial charge in [0.05, 0.1) is 0 Å².